The zero-order valence-electron chi connectivity index (χ0n) is 11.2. The number of rotatable bonds is 5. The molecule has 1 heterocycles. The number of hydrogen-bond donors (Lipinski definition) is 3. The second kappa shape index (κ2) is 6.52. The molecule has 5 nitrogen and oxygen atoms in total. The van der Waals surface area contributed by atoms with Crippen molar-refractivity contribution in [1.82, 2.24) is 4.98 Å². The monoisotopic (exact) mass is 262 g/mol. The molecule has 1 saturated carbocycles. The Hall–Kier alpha value is -1.62. The third-order valence-corrected chi connectivity index (χ3v) is 3.71. The van der Waals surface area contributed by atoms with Gasteiger partial charge in [0.15, 0.2) is 0 Å². The Kier molecular flexibility index (Phi) is 4.74. The normalized spacial score (nSPS) is 16.3. The Morgan fingerprint density at radius 1 is 1.42 bits per heavy atom. The minimum atomic E-state index is -0.0190. The Labute approximate surface area is 114 Å². The maximum Gasteiger partial charge on any atom is 0.141 e. The number of aromatic nitrogens is 1. The lowest BCUT2D eigenvalue weighted by atomic mass is 9.94. The Balaban J connectivity index is 2.22. The van der Waals surface area contributed by atoms with Crippen LogP contribution in [0.3, 0.4) is 0 Å². The van der Waals surface area contributed by atoms with Crippen molar-refractivity contribution in [3.8, 4) is 0 Å². The zero-order chi connectivity index (χ0) is 13.7. The highest BCUT2D eigenvalue weighted by Crippen LogP contribution is 2.27. The summed E-state index contributed by atoms with van der Waals surface area (Å²) in [7, 11) is 0. The Morgan fingerprint density at radius 3 is 2.79 bits per heavy atom. The van der Waals surface area contributed by atoms with Crippen molar-refractivity contribution in [2.24, 2.45) is 5.73 Å². The molecule has 19 heavy (non-hydrogen) atoms. The van der Waals surface area contributed by atoms with E-state index in [1.54, 1.807) is 6.20 Å². The van der Waals surface area contributed by atoms with Gasteiger partial charge in [0.25, 0.3) is 0 Å². The van der Waals surface area contributed by atoms with Crippen LogP contribution in [0.25, 0.3) is 0 Å². The number of nitrogen functional groups attached to an aromatic ring is 1. The number of aliphatic hydroxyl groups is 1. The molecule has 1 aromatic heterocycles. The van der Waals surface area contributed by atoms with Gasteiger partial charge in [-0.15, -0.1) is 0 Å². The SMILES string of the molecule is N=C(N)c1cc(N(CCO)C2CCCCC2)ccn1. The quantitative estimate of drug-likeness (QED) is 0.554. The molecule has 0 radical (unpaired) electrons. The molecule has 0 amide bonds. The van der Waals surface area contributed by atoms with Gasteiger partial charge in [0.1, 0.15) is 11.5 Å². The summed E-state index contributed by atoms with van der Waals surface area (Å²) >= 11 is 0. The van der Waals surface area contributed by atoms with Gasteiger partial charge in [-0.1, -0.05) is 19.3 Å². The van der Waals surface area contributed by atoms with E-state index in [1.807, 2.05) is 12.1 Å². The van der Waals surface area contributed by atoms with Gasteiger partial charge in [0.2, 0.25) is 0 Å². The summed E-state index contributed by atoms with van der Waals surface area (Å²) in [4.78, 5) is 6.32. The van der Waals surface area contributed by atoms with Gasteiger partial charge >= 0.3 is 0 Å². The molecule has 0 bridgehead atoms. The van der Waals surface area contributed by atoms with Crippen molar-refractivity contribution in [1.29, 1.82) is 5.41 Å². The van der Waals surface area contributed by atoms with E-state index in [0.717, 1.165) is 18.5 Å². The first-order chi connectivity index (χ1) is 9.22. The van der Waals surface area contributed by atoms with E-state index in [2.05, 4.69) is 9.88 Å². The molecular weight excluding hydrogens is 240 g/mol. The molecule has 1 aliphatic carbocycles. The number of amidine groups is 1. The predicted molar refractivity (Wildman–Crippen MR) is 76.6 cm³/mol. The largest absolute Gasteiger partial charge is 0.395 e. The van der Waals surface area contributed by atoms with Gasteiger partial charge in [0.05, 0.1) is 6.61 Å². The molecule has 104 valence electrons. The first-order valence-electron chi connectivity index (χ1n) is 6.90. The molecule has 0 atom stereocenters. The second-order valence-electron chi connectivity index (χ2n) is 5.02. The predicted octanol–water partition coefficient (Wildman–Crippen LogP) is 1.50. The van der Waals surface area contributed by atoms with E-state index in [1.165, 1.54) is 19.3 Å². The lowest BCUT2D eigenvalue weighted by Crippen LogP contribution is -2.39. The van der Waals surface area contributed by atoms with Crippen molar-refractivity contribution in [3.63, 3.8) is 0 Å². The highest BCUT2D eigenvalue weighted by atomic mass is 16.3. The fourth-order valence-corrected chi connectivity index (χ4v) is 2.77. The minimum Gasteiger partial charge on any atom is -0.395 e. The summed E-state index contributed by atoms with van der Waals surface area (Å²) in [6.45, 7) is 0.750. The molecule has 0 spiro atoms. The van der Waals surface area contributed by atoms with Gasteiger partial charge in [-0.2, -0.15) is 0 Å². The van der Waals surface area contributed by atoms with Crippen LogP contribution in [0.5, 0.6) is 0 Å². The van der Waals surface area contributed by atoms with Gasteiger partial charge in [-0.25, -0.2) is 0 Å². The molecule has 1 aliphatic rings. The van der Waals surface area contributed by atoms with Crippen LogP contribution in [0.2, 0.25) is 0 Å². The summed E-state index contributed by atoms with van der Waals surface area (Å²) < 4.78 is 0. The Bertz CT molecular complexity index is 429. The van der Waals surface area contributed by atoms with Crippen molar-refractivity contribution in [2.45, 2.75) is 38.1 Å². The molecule has 0 saturated heterocycles. The molecule has 1 fully saturated rings. The lowest BCUT2D eigenvalue weighted by molar-refractivity contribution is 0.290. The van der Waals surface area contributed by atoms with Crippen LogP contribution >= 0.6 is 0 Å². The summed E-state index contributed by atoms with van der Waals surface area (Å²) in [6, 6.07) is 4.24. The average Bonchev–Trinajstić information content (AvgIpc) is 2.46. The number of aliphatic hydroxyl groups excluding tert-OH is 1. The van der Waals surface area contributed by atoms with Crippen LogP contribution in [-0.4, -0.2) is 35.1 Å². The number of hydrogen-bond acceptors (Lipinski definition) is 4. The van der Waals surface area contributed by atoms with Crippen LogP contribution in [0, 0.1) is 5.41 Å². The fraction of sp³-hybridized carbons (Fsp3) is 0.571. The molecule has 0 aliphatic heterocycles. The molecule has 2 rings (SSSR count). The summed E-state index contributed by atoms with van der Waals surface area (Å²) in [5, 5.41) is 16.7. The van der Waals surface area contributed by atoms with Crippen LogP contribution in [0.15, 0.2) is 18.3 Å². The lowest BCUT2D eigenvalue weighted by Gasteiger charge is -2.35. The Morgan fingerprint density at radius 2 is 2.16 bits per heavy atom. The fourth-order valence-electron chi connectivity index (χ4n) is 2.77. The second-order valence-corrected chi connectivity index (χ2v) is 5.02. The van der Waals surface area contributed by atoms with E-state index < -0.39 is 0 Å². The highest BCUT2D eigenvalue weighted by Gasteiger charge is 2.21. The van der Waals surface area contributed by atoms with Crippen LogP contribution in [0.4, 0.5) is 5.69 Å². The van der Waals surface area contributed by atoms with Crippen LogP contribution < -0.4 is 10.6 Å². The molecule has 0 aromatic carbocycles. The first-order valence-corrected chi connectivity index (χ1v) is 6.90. The molecule has 0 unspecified atom stereocenters. The maximum absolute atomic E-state index is 9.28. The van der Waals surface area contributed by atoms with E-state index >= 15 is 0 Å². The number of nitrogens with one attached hydrogen (secondary N) is 1. The standard InChI is InChI=1S/C14H22N4O/c15-14(16)13-10-12(6-7-17-13)18(8-9-19)11-4-2-1-3-5-11/h6-7,10-11,19H,1-5,8-9H2,(H3,15,16). The first kappa shape index (κ1) is 13.8. The molecule has 5 heteroatoms. The highest BCUT2D eigenvalue weighted by molar-refractivity contribution is 5.93. The molecule has 1 aromatic rings. The minimum absolute atomic E-state index is 0.0190. The average molecular weight is 262 g/mol. The molecular formula is C14H22N4O. The summed E-state index contributed by atoms with van der Waals surface area (Å²) in [6.07, 6.45) is 7.81. The zero-order valence-corrected chi connectivity index (χ0v) is 11.2. The van der Waals surface area contributed by atoms with Crippen LogP contribution in [-0.2, 0) is 0 Å². The van der Waals surface area contributed by atoms with Gasteiger partial charge < -0.3 is 15.7 Å². The summed E-state index contributed by atoms with van der Waals surface area (Å²) in [5.41, 5.74) is 6.99. The van der Waals surface area contributed by atoms with Crippen molar-refractivity contribution in [2.75, 3.05) is 18.1 Å². The summed E-state index contributed by atoms with van der Waals surface area (Å²) in [5.74, 6) is -0.0190. The van der Waals surface area contributed by atoms with Gasteiger partial charge in [0, 0.05) is 24.5 Å². The van der Waals surface area contributed by atoms with Gasteiger partial charge in [-0.05, 0) is 25.0 Å². The number of nitrogens with two attached hydrogens (primary N) is 1. The third-order valence-electron chi connectivity index (χ3n) is 3.71. The van der Waals surface area contributed by atoms with E-state index in [9.17, 15) is 5.11 Å². The molecule has 4 N–H and O–H groups in total. The van der Waals surface area contributed by atoms with Gasteiger partial charge in [-0.3, -0.25) is 10.4 Å². The van der Waals surface area contributed by atoms with E-state index in [-0.39, 0.29) is 12.4 Å². The van der Waals surface area contributed by atoms with E-state index in [4.69, 9.17) is 11.1 Å². The van der Waals surface area contributed by atoms with Crippen molar-refractivity contribution >= 4 is 11.5 Å². The number of pyridine rings is 1. The third kappa shape index (κ3) is 3.44. The van der Waals surface area contributed by atoms with Crippen molar-refractivity contribution < 1.29 is 5.11 Å². The van der Waals surface area contributed by atoms with E-state index in [0.29, 0.717) is 18.3 Å². The number of anilines is 1. The maximum atomic E-state index is 9.28. The smallest absolute Gasteiger partial charge is 0.141 e. The number of nitrogens with zero attached hydrogens (tertiary/aromatic N) is 2. The van der Waals surface area contributed by atoms with Crippen molar-refractivity contribution in [3.05, 3.63) is 24.0 Å². The topological polar surface area (TPSA) is 86.2 Å². The van der Waals surface area contributed by atoms with Crippen LogP contribution in [0.1, 0.15) is 37.8 Å².